The summed E-state index contributed by atoms with van der Waals surface area (Å²) in [5.41, 5.74) is 0.918. The van der Waals surface area contributed by atoms with E-state index in [1.54, 1.807) is 7.11 Å². The van der Waals surface area contributed by atoms with E-state index in [2.05, 4.69) is 20.6 Å². The number of methoxy groups -OCH3 is 1. The third-order valence-corrected chi connectivity index (χ3v) is 5.21. The number of ether oxygens (including phenoxy) is 2. The number of thiophene rings is 1. The summed E-state index contributed by atoms with van der Waals surface area (Å²) < 4.78 is 10.4. The van der Waals surface area contributed by atoms with Crippen molar-refractivity contribution in [3.63, 3.8) is 0 Å². The topological polar surface area (TPSA) is 85.4 Å². The molecule has 130 valence electrons. The van der Waals surface area contributed by atoms with Crippen LogP contribution in [-0.4, -0.2) is 55.4 Å². The zero-order valence-corrected chi connectivity index (χ0v) is 14.7. The fraction of sp³-hybridized carbons (Fsp3) is 0.562. The highest BCUT2D eigenvalue weighted by molar-refractivity contribution is 7.20. The van der Waals surface area contributed by atoms with Crippen molar-refractivity contribution >= 4 is 33.3 Å². The smallest absolute Gasteiger partial charge is 0.261 e. The predicted octanol–water partition coefficient (Wildman–Crippen LogP) is 1.97. The van der Waals surface area contributed by atoms with Crippen LogP contribution in [0.2, 0.25) is 0 Å². The molecule has 1 unspecified atom stereocenters. The lowest BCUT2D eigenvalue weighted by Crippen LogP contribution is -2.25. The highest BCUT2D eigenvalue weighted by Crippen LogP contribution is 2.33. The van der Waals surface area contributed by atoms with Gasteiger partial charge in [-0.25, -0.2) is 9.97 Å². The van der Waals surface area contributed by atoms with Crippen LogP contribution < -0.4 is 10.6 Å². The molecule has 0 saturated carbocycles. The summed E-state index contributed by atoms with van der Waals surface area (Å²) in [7, 11) is 1.65. The van der Waals surface area contributed by atoms with Gasteiger partial charge in [0, 0.05) is 26.9 Å². The molecule has 3 rings (SSSR count). The number of hydrogen-bond acceptors (Lipinski definition) is 7. The molecule has 1 amide bonds. The fourth-order valence-electron chi connectivity index (χ4n) is 2.74. The summed E-state index contributed by atoms with van der Waals surface area (Å²) in [6.45, 7) is 4.62. The van der Waals surface area contributed by atoms with Gasteiger partial charge in [0.05, 0.1) is 22.9 Å². The Balaban J connectivity index is 1.80. The minimum absolute atomic E-state index is 0.0678. The normalized spacial score (nSPS) is 17.3. The molecule has 0 aromatic carbocycles. The molecule has 2 aromatic heterocycles. The Hall–Kier alpha value is -1.77. The van der Waals surface area contributed by atoms with E-state index in [0.29, 0.717) is 24.6 Å². The number of nitrogens with one attached hydrogen (secondary N) is 2. The van der Waals surface area contributed by atoms with Gasteiger partial charge in [-0.3, -0.25) is 4.79 Å². The largest absolute Gasteiger partial charge is 0.385 e. The maximum atomic E-state index is 12.4. The zero-order valence-electron chi connectivity index (χ0n) is 13.9. The third-order valence-electron chi connectivity index (χ3n) is 4.01. The quantitative estimate of drug-likeness (QED) is 0.743. The van der Waals surface area contributed by atoms with Gasteiger partial charge < -0.3 is 20.1 Å². The lowest BCUT2D eigenvalue weighted by Gasteiger charge is -2.12. The van der Waals surface area contributed by atoms with Crippen molar-refractivity contribution in [2.24, 2.45) is 0 Å². The molecular formula is C16H22N4O3S. The second-order valence-electron chi connectivity index (χ2n) is 5.77. The van der Waals surface area contributed by atoms with Crippen molar-refractivity contribution in [3.8, 4) is 0 Å². The molecule has 3 heterocycles. The van der Waals surface area contributed by atoms with Crippen LogP contribution in [0.4, 0.5) is 5.82 Å². The molecule has 2 aromatic rings. The van der Waals surface area contributed by atoms with E-state index in [0.717, 1.165) is 41.0 Å². The minimum atomic E-state index is -0.0678. The maximum absolute atomic E-state index is 12.4. The van der Waals surface area contributed by atoms with Gasteiger partial charge >= 0.3 is 0 Å². The number of fused-ring (bicyclic) bond motifs is 1. The van der Waals surface area contributed by atoms with Crippen LogP contribution in [0.3, 0.4) is 0 Å². The lowest BCUT2D eigenvalue weighted by molar-refractivity contribution is 0.0952. The Morgan fingerprint density at radius 2 is 2.38 bits per heavy atom. The van der Waals surface area contributed by atoms with E-state index in [-0.39, 0.29) is 11.9 Å². The molecule has 0 aliphatic carbocycles. The fourth-order valence-corrected chi connectivity index (χ4v) is 3.80. The molecule has 7 nitrogen and oxygen atoms in total. The SMILES string of the molecule is COCCCNC(=O)c1sc2ncnc(NC3CCOC3)c2c1C. The molecule has 1 atom stereocenters. The summed E-state index contributed by atoms with van der Waals surface area (Å²) in [5, 5.41) is 7.28. The van der Waals surface area contributed by atoms with Gasteiger partial charge in [0.15, 0.2) is 0 Å². The van der Waals surface area contributed by atoms with Crippen molar-refractivity contribution in [3.05, 3.63) is 16.8 Å². The van der Waals surface area contributed by atoms with E-state index >= 15 is 0 Å². The first-order valence-electron chi connectivity index (χ1n) is 8.06. The van der Waals surface area contributed by atoms with Crippen LogP contribution in [0.25, 0.3) is 10.2 Å². The number of amides is 1. The molecule has 0 radical (unpaired) electrons. The first kappa shape index (κ1) is 17.1. The van der Waals surface area contributed by atoms with Crippen LogP contribution in [0.1, 0.15) is 28.1 Å². The second kappa shape index (κ2) is 7.87. The summed E-state index contributed by atoms with van der Waals surface area (Å²) in [4.78, 5) is 22.6. The maximum Gasteiger partial charge on any atom is 0.261 e. The Morgan fingerprint density at radius 1 is 1.50 bits per heavy atom. The zero-order chi connectivity index (χ0) is 16.9. The van der Waals surface area contributed by atoms with Gasteiger partial charge in [-0.1, -0.05) is 0 Å². The van der Waals surface area contributed by atoms with Gasteiger partial charge in [-0.15, -0.1) is 11.3 Å². The number of nitrogens with zero attached hydrogens (tertiary/aromatic N) is 2. The summed E-state index contributed by atoms with van der Waals surface area (Å²) >= 11 is 1.40. The molecule has 0 spiro atoms. The van der Waals surface area contributed by atoms with Gasteiger partial charge in [0.1, 0.15) is 17.0 Å². The summed E-state index contributed by atoms with van der Waals surface area (Å²) in [5.74, 6) is 0.712. The molecule has 1 aliphatic rings. The number of carbonyl (C=O) groups excluding carboxylic acids is 1. The van der Waals surface area contributed by atoms with E-state index in [1.165, 1.54) is 17.7 Å². The lowest BCUT2D eigenvalue weighted by atomic mass is 10.2. The molecule has 8 heteroatoms. The predicted molar refractivity (Wildman–Crippen MR) is 93.8 cm³/mol. The van der Waals surface area contributed by atoms with Gasteiger partial charge in [0.25, 0.3) is 5.91 Å². The Kier molecular flexibility index (Phi) is 5.60. The average molecular weight is 350 g/mol. The number of carbonyl (C=O) groups is 1. The first-order chi connectivity index (χ1) is 11.7. The molecule has 1 saturated heterocycles. The third kappa shape index (κ3) is 3.66. The van der Waals surface area contributed by atoms with Crippen molar-refractivity contribution in [1.29, 1.82) is 0 Å². The van der Waals surface area contributed by atoms with Crippen LogP contribution >= 0.6 is 11.3 Å². The van der Waals surface area contributed by atoms with Crippen LogP contribution in [0.5, 0.6) is 0 Å². The van der Waals surface area contributed by atoms with E-state index in [1.807, 2.05) is 6.92 Å². The monoisotopic (exact) mass is 350 g/mol. The van der Waals surface area contributed by atoms with E-state index in [4.69, 9.17) is 9.47 Å². The number of aryl methyl sites for hydroxylation is 1. The Labute approximate surface area is 144 Å². The van der Waals surface area contributed by atoms with Crippen molar-refractivity contribution in [1.82, 2.24) is 15.3 Å². The number of rotatable bonds is 7. The summed E-state index contributed by atoms with van der Waals surface area (Å²) in [6.07, 6.45) is 3.29. The molecule has 2 N–H and O–H groups in total. The Morgan fingerprint density at radius 3 is 3.12 bits per heavy atom. The minimum Gasteiger partial charge on any atom is -0.385 e. The molecule has 1 fully saturated rings. The van der Waals surface area contributed by atoms with Crippen molar-refractivity contribution in [2.45, 2.75) is 25.8 Å². The average Bonchev–Trinajstić information content (AvgIpc) is 3.20. The number of anilines is 1. The highest BCUT2D eigenvalue weighted by atomic mass is 32.1. The van der Waals surface area contributed by atoms with Gasteiger partial charge in [-0.2, -0.15) is 0 Å². The molecule has 24 heavy (non-hydrogen) atoms. The van der Waals surface area contributed by atoms with E-state index in [9.17, 15) is 4.79 Å². The van der Waals surface area contributed by atoms with Crippen LogP contribution in [0.15, 0.2) is 6.33 Å². The van der Waals surface area contributed by atoms with E-state index < -0.39 is 0 Å². The molecule has 0 bridgehead atoms. The van der Waals surface area contributed by atoms with Gasteiger partial charge in [0.2, 0.25) is 0 Å². The van der Waals surface area contributed by atoms with Crippen molar-refractivity contribution < 1.29 is 14.3 Å². The van der Waals surface area contributed by atoms with Crippen LogP contribution in [0, 0.1) is 6.92 Å². The second-order valence-corrected chi connectivity index (χ2v) is 6.76. The molecule has 1 aliphatic heterocycles. The summed E-state index contributed by atoms with van der Waals surface area (Å²) in [6, 6.07) is 0.258. The molecular weight excluding hydrogens is 328 g/mol. The highest BCUT2D eigenvalue weighted by Gasteiger charge is 2.22. The van der Waals surface area contributed by atoms with Crippen molar-refractivity contribution in [2.75, 3.05) is 38.8 Å². The first-order valence-corrected chi connectivity index (χ1v) is 8.88. The Bertz CT molecular complexity index is 713. The standard InChI is InChI=1S/C16H22N4O3S/c1-10-12-14(20-11-4-7-23-8-11)18-9-19-16(12)24-13(10)15(21)17-5-3-6-22-2/h9,11H,3-8H2,1-2H3,(H,17,21)(H,18,19,20). The number of aromatic nitrogens is 2. The number of hydrogen-bond donors (Lipinski definition) is 2. The van der Waals surface area contributed by atoms with Gasteiger partial charge in [-0.05, 0) is 25.3 Å². The van der Waals surface area contributed by atoms with Crippen LogP contribution in [-0.2, 0) is 9.47 Å².